The Balaban J connectivity index is 2.43. The van der Waals surface area contributed by atoms with Crippen LogP contribution in [0.3, 0.4) is 0 Å². The fourth-order valence-corrected chi connectivity index (χ4v) is 2.25. The smallest absolute Gasteiger partial charge is 0.0992 e. The fraction of sp³-hybridized carbons (Fsp3) is 0.462. The van der Waals surface area contributed by atoms with E-state index in [2.05, 4.69) is 25.2 Å². The summed E-state index contributed by atoms with van der Waals surface area (Å²) in [5, 5.41) is 12.2. The van der Waals surface area contributed by atoms with E-state index in [-0.39, 0.29) is 0 Å². The highest BCUT2D eigenvalue weighted by molar-refractivity contribution is 7.99. The van der Waals surface area contributed by atoms with Gasteiger partial charge in [0, 0.05) is 11.7 Å². The van der Waals surface area contributed by atoms with E-state index in [1.54, 1.807) is 0 Å². The molecule has 3 heteroatoms. The van der Waals surface area contributed by atoms with Crippen LogP contribution in [0, 0.1) is 11.3 Å². The van der Waals surface area contributed by atoms with E-state index in [0.717, 1.165) is 12.1 Å². The van der Waals surface area contributed by atoms with Gasteiger partial charge in [0.25, 0.3) is 0 Å². The Bertz CT molecular complexity index is 357. The van der Waals surface area contributed by atoms with Crippen LogP contribution in [0.5, 0.6) is 0 Å². The lowest BCUT2D eigenvalue weighted by atomic mass is 10.2. The Morgan fingerprint density at radius 3 is 3.00 bits per heavy atom. The van der Waals surface area contributed by atoms with Gasteiger partial charge in [-0.2, -0.15) is 17.0 Å². The lowest BCUT2D eigenvalue weighted by Gasteiger charge is -2.14. The molecule has 0 bridgehead atoms. The average Bonchev–Trinajstić information content (AvgIpc) is 2.29. The summed E-state index contributed by atoms with van der Waals surface area (Å²) >= 11 is 1.96. The molecule has 0 aliphatic carbocycles. The third-order valence-electron chi connectivity index (χ3n) is 2.30. The van der Waals surface area contributed by atoms with Crippen molar-refractivity contribution in [2.75, 3.05) is 16.8 Å². The van der Waals surface area contributed by atoms with Gasteiger partial charge >= 0.3 is 0 Å². The van der Waals surface area contributed by atoms with E-state index in [4.69, 9.17) is 5.26 Å². The van der Waals surface area contributed by atoms with E-state index < -0.39 is 0 Å². The zero-order valence-corrected chi connectivity index (χ0v) is 10.7. The molecule has 0 aromatic heterocycles. The second kappa shape index (κ2) is 7.19. The van der Waals surface area contributed by atoms with E-state index >= 15 is 0 Å². The molecular formula is C13H18N2S. The number of nitriles is 1. The molecule has 0 amide bonds. The summed E-state index contributed by atoms with van der Waals surface area (Å²) in [5.74, 6) is 2.36. The maximum atomic E-state index is 8.79. The maximum Gasteiger partial charge on any atom is 0.0992 e. The van der Waals surface area contributed by atoms with E-state index in [0.29, 0.717) is 11.6 Å². The summed E-state index contributed by atoms with van der Waals surface area (Å²) in [7, 11) is 0. The highest BCUT2D eigenvalue weighted by atomic mass is 32.2. The van der Waals surface area contributed by atoms with Crippen molar-refractivity contribution in [2.45, 2.75) is 26.3 Å². The minimum atomic E-state index is 0.452. The Kier molecular flexibility index (Phi) is 5.81. The number of rotatable bonds is 6. The van der Waals surface area contributed by atoms with Crippen molar-refractivity contribution >= 4 is 17.4 Å². The predicted octanol–water partition coefficient (Wildman–Crippen LogP) is 3.50. The Morgan fingerprint density at radius 2 is 2.31 bits per heavy atom. The minimum absolute atomic E-state index is 0.452. The van der Waals surface area contributed by atoms with Crippen LogP contribution in [0.2, 0.25) is 0 Å². The SMILES string of the molecule is CCSCCC(C)Nc1cccc(C#N)c1. The fourth-order valence-electron chi connectivity index (χ4n) is 1.44. The molecule has 0 saturated carbocycles. The zero-order chi connectivity index (χ0) is 11.8. The van der Waals surface area contributed by atoms with Gasteiger partial charge in [-0.05, 0) is 43.0 Å². The molecular weight excluding hydrogens is 216 g/mol. The van der Waals surface area contributed by atoms with Gasteiger partial charge in [-0.15, -0.1) is 0 Å². The first kappa shape index (κ1) is 12.9. The molecule has 1 aromatic rings. The summed E-state index contributed by atoms with van der Waals surface area (Å²) in [5.41, 5.74) is 1.74. The normalized spacial score (nSPS) is 11.8. The summed E-state index contributed by atoms with van der Waals surface area (Å²) in [6.07, 6.45) is 1.15. The lowest BCUT2D eigenvalue weighted by Crippen LogP contribution is -2.15. The zero-order valence-electron chi connectivity index (χ0n) is 9.86. The Labute approximate surface area is 102 Å². The molecule has 0 saturated heterocycles. The van der Waals surface area contributed by atoms with Crippen molar-refractivity contribution in [3.63, 3.8) is 0 Å². The Hall–Kier alpha value is -1.14. The number of anilines is 1. The molecule has 16 heavy (non-hydrogen) atoms. The third kappa shape index (κ3) is 4.59. The molecule has 1 rings (SSSR count). The first-order valence-electron chi connectivity index (χ1n) is 5.60. The molecule has 0 heterocycles. The summed E-state index contributed by atoms with van der Waals surface area (Å²) in [6, 6.07) is 10.2. The highest BCUT2D eigenvalue weighted by Crippen LogP contribution is 2.13. The number of nitrogens with one attached hydrogen (secondary N) is 1. The lowest BCUT2D eigenvalue weighted by molar-refractivity contribution is 0.771. The van der Waals surface area contributed by atoms with Gasteiger partial charge < -0.3 is 5.32 Å². The minimum Gasteiger partial charge on any atom is -0.383 e. The molecule has 0 radical (unpaired) electrons. The van der Waals surface area contributed by atoms with Gasteiger partial charge in [-0.1, -0.05) is 13.0 Å². The molecule has 86 valence electrons. The first-order valence-corrected chi connectivity index (χ1v) is 6.76. The van der Waals surface area contributed by atoms with Crippen LogP contribution >= 0.6 is 11.8 Å². The topological polar surface area (TPSA) is 35.8 Å². The van der Waals surface area contributed by atoms with Crippen molar-refractivity contribution in [3.05, 3.63) is 29.8 Å². The summed E-state index contributed by atoms with van der Waals surface area (Å²) < 4.78 is 0. The molecule has 0 spiro atoms. The standard InChI is InChI=1S/C13H18N2S/c1-3-16-8-7-11(2)15-13-6-4-5-12(9-13)10-14/h4-6,9,11,15H,3,7-8H2,1-2H3. The predicted molar refractivity (Wildman–Crippen MR) is 71.9 cm³/mol. The van der Waals surface area contributed by atoms with Gasteiger partial charge in [-0.3, -0.25) is 0 Å². The second-order valence-corrected chi connectivity index (χ2v) is 5.12. The first-order chi connectivity index (χ1) is 7.76. The highest BCUT2D eigenvalue weighted by Gasteiger charge is 2.02. The third-order valence-corrected chi connectivity index (χ3v) is 3.24. The molecule has 0 aliphatic heterocycles. The molecule has 1 aromatic carbocycles. The number of hydrogen-bond acceptors (Lipinski definition) is 3. The van der Waals surface area contributed by atoms with Gasteiger partial charge in [-0.25, -0.2) is 0 Å². The van der Waals surface area contributed by atoms with Crippen molar-refractivity contribution < 1.29 is 0 Å². The van der Waals surface area contributed by atoms with Gasteiger partial charge in [0.2, 0.25) is 0 Å². The van der Waals surface area contributed by atoms with E-state index in [1.807, 2.05) is 36.0 Å². The van der Waals surface area contributed by atoms with Gasteiger partial charge in [0.05, 0.1) is 11.6 Å². The number of hydrogen-bond donors (Lipinski definition) is 1. The van der Waals surface area contributed by atoms with Crippen LogP contribution in [-0.2, 0) is 0 Å². The molecule has 0 aliphatic rings. The van der Waals surface area contributed by atoms with Crippen molar-refractivity contribution in [2.24, 2.45) is 0 Å². The summed E-state index contributed by atoms with van der Waals surface area (Å²) in [4.78, 5) is 0. The van der Waals surface area contributed by atoms with Crippen molar-refractivity contribution in [1.29, 1.82) is 5.26 Å². The van der Waals surface area contributed by atoms with Crippen LogP contribution in [0.4, 0.5) is 5.69 Å². The van der Waals surface area contributed by atoms with Crippen LogP contribution in [0.1, 0.15) is 25.8 Å². The van der Waals surface area contributed by atoms with E-state index in [1.165, 1.54) is 11.5 Å². The van der Waals surface area contributed by atoms with Crippen LogP contribution in [0.15, 0.2) is 24.3 Å². The van der Waals surface area contributed by atoms with Gasteiger partial charge in [0.1, 0.15) is 0 Å². The maximum absolute atomic E-state index is 8.79. The van der Waals surface area contributed by atoms with E-state index in [9.17, 15) is 0 Å². The monoisotopic (exact) mass is 234 g/mol. The quantitative estimate of drug-likeness (QED) is 0.765. The molecule has 1 N–H and O–H groups in total. The van der Waals surface area contributed by atoms with Crippen LogP contribution < -0.4 is 5.32 Å². The van der Waals surface area contributed by atoms with Gasteiger partial charge in [0.15, 0.2) is 0 Å². The molecule has 2 nitrogen and oxygen atoms in total. The van der Waals surface area contributed by atoms with Crippen LogP contribution in [0.25, 0.3) is 0 Å². The molecule has 0 fully saturated rings. The largest absolute Gasteiger partial charge is 0.383 e. The summed E-state index contributed by atoms with van der Waals surface area (Å²) in [6.45, 7) is 4.36. The molecule has 1 unspecified atom stereocenters. The molecule has 1 atom stereocenters. The van der Waals surface area contributed by atoms with Crippen LogP contribution in [-0.4, -0.2) is 17.5 Å². The van der Waals surface area contributed by atoms with Crippen molar-refractivity contribution in [1.82, 2.24) is 0 Å². The second-order valence-electron chi connectivity index (χ2n) is 3.72. The Morgan fingerprint density at radius 1 is 1.50 bits per heavy atom. The average molecular weight is 234 g/mol. The number of benzene rings is 1. The van der Waals surface area contributed by atoms with Crippen molar-refractivity contribution in [3.8, 4) is 6.07 Å². The number of thioether (sulfide) groups is 1. The number of nitrogens with zero attached hydrogens (tertiary/aromatic N) is 1.